The summed E-state index contributed by atoms with van der Waals surface area (Å²) in [5.41, 5.74) is 6.47. The molecule has 0 aliphatic carbocycles. The van der Waals surface area contributed by atoms with Crippen LogP contribution in [0.5, 0.6) is 0 Å². The van der Waals surface area contributed by atoms with Gasteiger partial charge in [-0.1, -0.05) is 45.5 Å². The van der Waals surface area contributed by atoms with Gasteiger partial charge in [-0.15, -0.1) is 0 Å². The van der Waals surface area contributed by atoms with Gasteiger partial charge in [0.25, 0.3) is 0 Å². The molecule has 0 unspecified atom stereocenters. The van der Waals surface area contributed by atoms with Crippen LogP contribution in [-0.2, 0) is 0 Å². The fourth-order valence-corrected chi connectivity index (χ4v) is 2.72. The van der Waals surface area contributed by atoms with Crippen LogP contribution in [-0.4, -0.2) is 7.05 Å². The molecule has 0 bridgehead atoms. The molecule has 0 N–H and O–H groups in total. The van der Waals surface area contributed by atoms with Crippen molar-refractivity contribution in [2.45, 2.75) is 27.7 Å². The second-order valence-corrected chi connectivity index (χ2v) is 5.77. The Morgan fingerprint density at radius 3 is 2.29 bits per heavy atom. The molecule has 0 fully saturated rings. The van der Waals surface area contributed by atoms with Crippen molar-refractivity contribution in [3.8, 4) is 0 Å². The summed E-state index contributed by atoms with van der Waals surface area (Å²) in [7, 11) is 2.13. The minimum Gasteiger partial charge on any atom is -0.348 e. The lowest BCUT2D eigenvalue weighted by Crippen LogP contribution is -2.27. The van der Waals surface area contributed by atoms with Gasteiger partial charge in [0.2, 0.25) is 0 Å². The lowest BCUT2D eigenvalue weighted by Gasteiger charge is -2.37. The van der Waals surface area contributed by atoms with Gasteiger partial charge >= 0.3 is 0 Å². The molecule has 1 nitrogen and oxygen atoms in total. The van der Waals surface area contributed by atoms with Crippen LogP contribution < -0.4 is 4.90 Å². The Morgan fingerprint density at radius 2 is 1.71 bits per heavy atom. The van der Waals surface area contributed by atoms with Gasteiger partial charge in [-0.25, -0.2) is 0 Å². The third-order valence-corrected chi connectivity index (χ3v) is 3.51. The van der Waals surface area contributed by atoms with Crippen molar-refractivity contribution >= 4 is 11.3 Å². The fraction of sp³-hybridized carbons (Fsp3) is 0.375. The smallest absolute Gasteiger partial charge is 0.0485 e. The Morgan fingerprint density at radius 1 is 1.12 bits per heavy atom. The van der Waals surface area contributed by atoms with Gasteiger partial charge in [-0.2, -0.15) is 0 Å². The summed E-state index contributed by atoms with van der Waals surface area (Å²) in [5.74, 6) is 0. The van der Waals surface area contributed by atoms with Gasteiger partial charge in [0.05, 0.1) is 0 Å². The lowest BCUT2D eigenvalue weighted by atomic mass is 9.76. The zero-order chi connectivity index (χ0) is 12.8. The number of para-hydroxylation sites is 1. The SMILES string of the molecule is C=C1C(C(C)(C)C)=C(C)N(C)c2ccccc21. The van der Waals surface area contributed by atoms with E-state index in [-0.39, 0.29) is 5.41 Å². The maximum Gasteiger partial charge on any atom is 0.0485 e. The molecular weight excluding hydrogens is 206 g/mol. The predicted molar refractivity (Wildman–Crippen MR) is 76.0 cm³/mol. The third kappa shape index (κ3) is 1.80. The minimum absolute atomic E-state index is 0.128. The van der Waals surface area contributed by atoms with Crippen molar-refractivity contribution in [2.75, 3.05) is 11.9 Å². The molecule has 1 aliphatic heterocycles. The van der Waals surface area contributed by atoms with Crippen LogP contribution in [0.25, 0.3) is 5.57 Å². The standard InChI is InChI=1S/C16H21N/c1-11-13-9-7-8-10-14(13)17(6)12(2)15(11)16(3,4)5/h7-10H,1H2,2-6H3. The molecular formula is C16H21N. The molecule has 1 heteroatoms. The highest BCUT2D eigenvalue weighted by Crippen LogP contribution is 2.45. The lowest BCUT2D eigenvalue weighted by molar-refractivity contribution is 0.513. The zero-order valence-electron chi connectivity index (χ0n) is 11.5. The summed E-state index contributed by atoms with van der Waals surface area (Å²) in [6.07, 6.45) is 0. The van der Waals surface area contributed by atoms with E-state index in [9.17, 15) is 0 Å². The number of fused-ring (bicyclic) bond motifs is 1. The van der Waals surface area contributed by atoms with Crippen molar-refractivity contribution in [3.05, 3.63) is 47.7 Å². The molecule has 1 heterocycles. The highest BCUT2D eigenvalue weighted by molar-refractivity contribution is 5.90. The normalized spacial score (nSPS) is 16.3. The maximum absolute atomic E-state index is 4.30. The summed E-state index contributed by atoms with van der Waals surface area (Å²) in [4.78, 5) is 2.27. The van der Waals surface area contributed by atoms with Crippen molar-refractivity contribution in [1.29, 1.82) is 0 Å². The van der Waals surface area contributed by atoms with Crippen LogP contribution in [0.3, 0.4) is 0 Å². The minimum atomic E-state index is 0.128. The number of hydrogen-bond acceptors (Lipinski definition) is 1. The number of allylic oxidation sites excluding steroid dienone is 3. The molecule has 0 aromatic heterocycles. The van der Waals surface area contributed by atoms with Crippen molar-refractivity contribution in [1.82, 2.24) is 0 Å². The molecule has 1 aromatic rings. The molecule has 1 aromatic carbocycles. The van der Waals surface area contributed by atoms with E-state index in [0.717, 1.165) is 0 Å². The molecule has 0 saturated heterocycles. The van der Waals surface area contributed by atoms with Crippen molar-refractivity contribution in [3.63, 3.8) is 0 Å². The predicted octanol–water partition coefficient (Wildman–Crippen LogP) is 4.47. The summed E-state index contributed by atoms with van der Waals surface area (Å²) in [5, 5.41) is 0. The Balaban J connectivity index is 2.67. The first-order valence-electron chi connectivity index (χ1n) is 6.08. The highest BCUT2D eigenvalue weighted by atomic mass is 15.1. The molecule has 1 aliphatic rings. The van der Waals surface area contributed by atoms with Gasteiger partial charge in [0.1, 0.15) is 0 Å². The quantitative estimate of drug-likeness (QED) is 0.632. The molecule has 90 valence electrons. The van der Waals surface area contributed by atoms with E-state index in [2.05, 4.69) is 70.5 Å². The fourth-order valence-electron chi connectivity index (χ4n) is 2.72. The average Bonchev–Trinajstić information content (AvgIpc) is 2.24. The van der Waals surface area contributed by atoms with Crippen LogP contribution >= 0.6 is 0 Å². The Hall–Kier alpha value is -1.50. The topological polar surface area (TPSA) is 3.24 Å². The van der Waals surface area contributed by atoms with E-state index in [0.29, 0.717) is 0 Å². The summed E-state index contributed by atoms with van der Waals surface area (Å²) < 4.78 is 0. The molecule has 17 heavy (non-hydrogen) atoms. The molecule has 2 rings (SSSR count). The summed E-state index contributed by atoms with van der Waals surface area (Å²) in [6, 6.07) is 8.48. The first-order valence-corrected chi connectivity index (χ1v) is 6.08. The van der Waals surface area contributed by atoms with Crippen LogP contribution in [0.15, 0.2) is 42.1 Å². The van der Waals surface area contributed by atoms with Gasteiger partial charge in [0, 0.05) is 24.0 Å². The third-order valence-electron chi connectivity index (χ3n) is 3.51. The highest BCUT2D eigenvalue weighted by Gasteiger charge is 2.29. The maximum atomic E-state index is 4.30. The van der Waals surface area contributed by atoms with E-state index < -0.39 is 0 Å². The largest absolute Gasteiger partial charge is 0.348 e. The first-order chi connectivity index (χ1) is 7.84. The molecule has 0 atom stereocenters. The van der Waals surface area contributed by atoms with Crippen LogP contribution in [0.2, 0.25) is 0 Å². The summed E-state index contributed by atoms with van der Waals surface area (Å²) in [6.45, 7) is 13.2. The van der Waals surface area contributed by atoms with Gasteiger partial charge in [0.15, 0.2) is 0 Å². The van der Waals surface area contributed by atoms with Gasteiger partial charge in [-0.05, 0) is 29.6 Å². The average molecular weight is 227 g/mol. The monoisotopic (exact) mass is 227 g/mol. The van der Waals surface area contributed by atoms with E-state index in [4.69, 9.17) is 0 Å². The molecule has 0 spiro atoms. The van der Waals surface area contributed by atoms with E-state index in [1.807, 2.05) is 0 Å². The second-order valence-electron chi connectivity index (χ2n) is 5.77. The Kier molecular flexibility index (Phi) is 2.65. The van der Waals surface area contributed by atoms with E-state index >= 15 is 0 Å². The number of hydrogen-bond donors (Lipinski definition) is 0. The number of benzene rings is 1. The van der Waals surface area contributed by atoms with E-state index in [1.165, 1.54) is 28.1 Å². The van der Waals surface area contributed by atoms with E-state index in [1.54, 1.807) is 0 Å². The van der Waals surface area contributed by atoms with Crippen LogP contribution in [0, 0.1) is 5.41 Å². The van der Waals surface area contributed by atoms with Crippen LogP contribution in [0.1, 0.15) is 33.3 Å². The number of rotatable bonds is 0. The molecule has 0 radical (unpaired) electrons. The Labute approximate surface area is 104 Å². The zero-order valence-corrected chi connectivity index (χ0v) is 11.5. The van der Waals surface area contributed by atoms with Crippen LogP contribution in [0.4, 0.5) is 5.69 Å². The van der Waals surface area contributed by atoms with Crippen molar-refractivity contribution < 1.29 is 0 Å². The van der Waals surface area contributed by atoms with Gasteiger partial charge in [-0.3, -0.25) is 0 Å². The number of nitrogens with zero attached hydrogens (tertiary/aromatic N) is 1. The van der Waals surface area contributed by atoms with Crippen molar-refractivity contribution in [2.24, 2.45) is 5.41 Å². The molecule has 0 saturated carbocycles. The second kappa shape index (κ2) is 3.76. The first kappa shape index (κ1) is 12.0. The van der Waals surface area contributed by atoms with Gasteiger partial charge < -0.3 is 4.90 Å². The Bertz CT molecular complexity index is 501. The summed E-state index contributed by atoms with van der Waals surface area (Å²) >= 11 is 0. The molecule has 0 amide bonds. The number of anilines is 1.